The van der Waals surface area contributed by atoms with Crippen molar-refractivity contribution in [2.45, 2.75) is 32.6 Å². The fraction of sp³-hybridized carbons (Fsp3) is 0.300. The Morgan fingerprint density at radius 1 is 1.04 bits per heavy atom. The van der Waals surface area contributed by atoms with E-state index in [1.807, 2.05) is 0 Å². The average molecular weight is 370 g/mol. The molecule has 0 atom stereocenters. The molecule has 0 saturated heterocycles. The number of nitrogens with one attached hydrogen (secondary N) is 1. The Morgan fingerprint density at radius 3 is 2.41 bits per heavy atom. The number of carbonyl (C=O) groups excluding carboxylic acids is 1. The molecule has 0 radical (unpaired) electrons. The van der Waals surface area contributed by atoms with Crippen molar-refractivity contribution in [3.63, 3.8) is 0 Å². The van der Waals surface area contributed by atoms with E-state index in [1.165, 1.54) is 25.0 Å². The van der Waals surface area contributed by atoms with Gasteiger partial charge in [0.15, 0.2) is 0 Å². The highest BCUT2D eigenvalue weighted by atomic mass is 16.6. The SMILES string of the molecule is CCCCCCOc1ccc(C(=O)Nc2ccc([N+](=O)[O-])ccc2=O)cc1. The van der Waals surface area contributed by atoms with Gasteiger partial charge in [-0.25, -0.2) is 0 Å². The zero-order valence-corrected chi connectivity index (χ0v) is 15.1. The van der Waals surface area contributed by atoms with Crippen molar-refractivity contribution in [2.75, 3.05) is 11.9 Å². The van der Waals surface area contributed by atoms with Crippen molar-refractivity contribution in [3.05, 3.63) is 74.4 Å². The lowest BCUT2D eigenvalue weighted by Gasteiger charge is -2.07. The van der Waals surface area contributed by atoms with E-state index in [2.05, 4.69) is 12.2 Å². The summed E-state index contributed by atoms with van der Waals surface area (Å²) in [4.78, 5) is 34.4. The molecule has 1 amide bonds. The van der Waals surface area contributed by atoms with Crippen LogP contribution < -0.4 is 15.5 Å². The van der Waals surface area contributed by atoms with Gasteiger partial charge in [0.05, 0.1) is 17.2 Å². The van der Waals surface area contributed by atoms with Gasteiger partial charge in [0.2, 0.25) is 5.43 Å². The number of carbonyl (C=O) groups is 1. The van der Waals surface area contributed by atoms with Crippen LogP contribution in [0.3, 0.4) is 0 Å². The zero-order chi connectivity index (χ0) is 19.6. The third-order valence-electron chi connectivity index (χ3n) is 3.93. The molecule has 0 aliphatic heterocycles. The number of anilines is 1. The maximum Gasteiger partial charge on any atom is 0.269 e. The number of benzene rings is 1. The third-order valence-corrected chi connectivity index (χ3v) is 3.93. The Bertz CT molecular complexity index is 850. The molecule has 0 heterocycles. The highest BCUT2D eigenvalue weighted by Gasteiger charge is 2.10. The van der Waals surface area contributed by atoms with E-state index >= 15 is 0 Å². The number of hydrogen-bond acceptors (Lipinski definition) is 5. The Kier molecular flexibility index (Phi) is 7.49. The largest absolute Gasteiger partial charge is 0.494 e. The summed E-state index contributed by atoms with van der Waals surface area (Å²) < 4.78 is 5.63. The monoisotopic (exact) mass is 370 g/mol. The molecule has 0 saturated carbocycles. The van der Waals surface area contributed by atoms with Gasteiger partial charge in [-0.15, -0.1) is 0 Å². The van der Waals surface area contributed by atoms with Gasteiger partial charge in [-0.05, 0) is 42.8 Å². The second kappa shape index (κ2) is 10.1. The van der Waals surface area contributed by atoms with Crippen LogP contribution in [0.1, 0.15) is 43.0 Å². The highest BCUT2D eigenvalue weighted by molar-refractivity contribution is 6.04. The van der Waals surface area contributed by atoms with Crippen molar-refractivity contribution in [1.29, 1.82) is 0 Å². The minimum Gasteiger partial charge on any atom is -0.494 e. The van der Waals surface area contributed by atoms with Crippen LogP contribution in [0.5, 0.6) is 5.75 Å². The van der Waals surface area contributed by atoms with Gasteiger partial charge < -0.3 is 10.1 Å². The number of amides is 1. The summed E-state index contributed by atoms with van der Waals surface area (Å²) in [6, 6.07) is 11.2. The predicted molar refractivity (Wildman–Crippen MR) is 103 cm³/mol. The molecule has 0 aromatic heterocycles. The fourth-order valence-electron chi connectivity index (χ4n) is 2.40. The van der Waals surface area contributed by atoms with E-state index in [0.717, 1.165) is 25.0 Å². The fourth-order valence-corrected chi connectivity index (χ4v) is 2.40. The van der Waals surface area contributed by atoms with Crippen LogP contribution in [-0.4, -0.2) is 17.4 Å². The number of rotatable bonds is 9. The zero-order valence-electron chi connectivity index (χ0n) is 15.1. The summed E-state index contributed by atoms with van der Waals surface area (Å²) in [7, 11) is 0. The first-order chi connectivity index (χ1) is 13.0. The van der Waals surface area contributed by atoms with Gasteiger partial charge >= 0.3 is 0 Å². The molecule has 142 valence electrons. The number of hydrogen-bond donors (Lipinski definition) is 1. The Hall–Kier alpha value is -3.22. The summed E-state index contributed by atoms with van der Waals surface area (Å²) in [6.45, 7) is 2.78. The van der Waals surface area contributed by atoms with E-state index in [-0.39, 0.29) is 11.4 Å². The Balaban J connectivity index is 1.99. The van der Waals surface area contributed by atoms with Crippen molar-refractivity contribution < 1.29 is 14.5 Å². The van der Waals surface area contributed by atoms with Gasteiger partial charge in [-0.2, -0.15) is 0 Å². The van der Waals surface area contributed by atoms with Gasteiger partial charge in [-0.1, -0.05) is 26.2 Å². The molecular formula is C20H22N2O5. The highest BCUT2D eigenvalue weighted by Crippen LogP contribution is 2.15. The van der Waals surface area contributed by atoms with Crippen molar-refractivity contribution in [3.8, 4) is 5.75 Å². The first-order valence-corrected chi connectivity index (χ1v) is 8.84. The quantitative estimate of drug-likeness (QED) is 0.406. The average Bonchev–Trinajstić information content (AvgIpc) is 2.84. The van der Waals surface area contributed by atoms with Crippen molar-refractivity contribution in [2.24, 2.45) is 0 Å². The molecule has 27 heavy (non-hydrogen) atoms. The van der Waals surface area contributed by atoms with Crippen LogP contribution in [0, 0.1) is 10.1 Å². The molecule has 0 bridgehead atoms. The summed E-state index contributed by atoms with van der Waals surface area (Å²) in [5.74, 6) is 0.199. The van der Waals surface area contributed by atoms with Gasteiger partial charge in [-0.3, -0.25) is 19.7 Å². The van der Waals surface area contributed by atoms with Crippen LogP contribution in [0.2, 0.25) is 0 Å². The van der Waals surface area contributed by atoms with Gasteiger partial charge in [0, 0.05) is 17.7 Å². The predicted octanol–water partition coefficient (Wildman–Crippen LogP) is 4.17. The van der Waals surface area contributed by atoms with Crippen molar-refractivity contribution in [1.82, 2.24) is 0 Å². The molecule has 0 fully saturated rings. The molecule has 2 aromatic rings. The molecule has 7 nitrogen and oxygen atoms in total. The minimum atomic E-state index is -0.605. The van der Waals surface area contributed by atoms with Gasteiger partial charge in [0.1, 0.15) is 5.75 Å². The summed E-state index contributed by atoms with van der Waals surface area (Å²) in [5.41, 5.74) is -0.408. The van der Waals surface area contributed by atoms with E-state index in [1.54, 1.807) is 24.3 Å². The standard InChI is InChI=1S/C20H22N2O5/c1-2-3-4-5-14-27-17-10-6-15(7-11-17)20(24)21-18-12-8-16(22(25)26)9-13-19(18)23/h6-13H,2-5,14H2,1H3,(H,21,23,24). The topological polar surface area (TPSA) is 98.5 Å². The van der Waals surface area contributed by atoms with E-state index in [4.69, 9.17) is 4.74 Å². The summed E-state index contributed by atoms with van der Waals surface area (Å²) in [6.07, 6.45) is 4.47. The lowest BCUT2D eigenvalue weighted by atomic mass is 10.2. The normalized spacial score (nSPS) is 10.3. The van der Waals surface area contributed by atoms with E-state index in [0.29, 0.717) is 17.9 Å². The van der Waals surface area contributed by atoms with Crippen LogP contribution in [0.25, 0.3) is 0 Å². The molecule has 1 N–H and O–H groups in total. The van der Waals surface area contributed by atoms with Crippen LogP contribution >= 0.6 is 0 Å². The van der Waals surface area contributed by atoms with Crippen molar-refractivity contribution >= 4 is 17.3 Å². The van der Waals surface area contributed by atoms with Crippen LogP contribution in [0.15, 0.2) is 53.3 Å². The molecule has 0 aliphatic carbocycles. The number of unbranched alkanes of at least 4 members (excludes halogenated alkanes) is 3. The number of ether oxygens (including phenoxy) is 1. The summed E-state index contributed by atoms with van der Waals surface area (Å²) >= 11 is 0. The molecule has 2 aromatic carbocycles. The third kappa shape index (κ3) is 6.22. The first-order valence-electron chi connectivity index (χ1n) is 8.84. The van der Waals surface area contributed by atoms with E-state index < -0.39 is 16.3 Å². The molecular weight excluding hydrogens is 348 g/mol. The number of nitro groups is 1. The van der Waals surface area contributed by atoms with Crippen LogP contribution in [0.4, 0.5) is 11.4 Å². The molecule has 2 rings (SSSR count). The van der Waals surface area contributed by atoms with E-state index in [9.17, 15) is 19.7 Å². The van der Waals surface area contributed by atoms with Crippen LogP contribution in [-0.2, 0) is 0 Å². The van der Waals surface area contributed by atoms with Gasteiger partial charge in [0.25, 0.3) is 11.6 Å². The maximum atomic E-state index is 12.3. The number of nitrogens with zero attached hydrogens (tertiary/aromatic N) is 1. The maximum absolute atomic E-state index is 12.3. The smallest absolute Gasteiger partial charge is 0.269 e. The lowest BCUT2D eigenvalue weighted by molar-refractivity contribution is -0.384. The second-order valence-electron chi connectivity index (χ2n) is 6.01. The Labute approximate surface area is 157 Å². The minimum absolute atomic E-state index is 0.0237. The first kappa shape index (κ1) is 20.1. The molecule has 0 spiro atoms. The molecule has 0 unspecified atom stereocenters. The molecule has 0 aliphatic rings. The molecule has 7 heteroatoms. The summed E-state index contributed by atoms with van der Waals surface area (Å²) in [5, 5.41) is 13.3. The second-order valence-corrected chi connectivity index (χ2v) is 6.01. The Morgan fingerprint density at radius 2 is 1.74 bits per heavy atom. The lowest BCUT2D eigenvalue weighted by Crippen LogP contribution is -2.16.